The van der Waals surface area contributed by atoms with Gasteiger partial charge in [0.1, 0.15) is 5.69 Å². The third kappa shape index (κ3) is 1.91. The molecule has 1 N–H and O–H groups in total. The summed E-state index contributed by atoms with van der Waals surface area (Å²) in [6.45, 7) is 0. The van der Waals surface area contributed by atoms with Crippen molar-refractivity contribution < 1.29 is 4.79 Å². The molecule has 0 bridgehead atoms. The van der Waals surface area contributed by atoms with Crippen LogP contribution in [-0.4, -0.2) is 21.1 Å². The molecule has 0 aliphatic heterocycles. The van der Waals surface area contributed by atoms with E-state index in [2.05, 4.69) is 20.5 Å². The molecule has 0 aliphatic rings. The van der Waals surface area contributed by atoms with E-state index in [1.807, 2.05) is 0 Å². The molecule has 6 heteroatoms. The summed E-state index contributed by atoms with van der Waals surface area (Å²) in [5, 5.41) is 11.6. The summed E-state index contributed by atoms with van der Waals surface area (Å²) >= 11 is 1.37. The summed E-state index contributed by atoms with van der Waals surface area (Å²) in [6, 6.07) is 3.36. The fourth-order valence-corrected chi connectivity index (χ4v) is 1.41. The van der Waals surface area contributed by atoms with Crippen LogP contribution in [0, 0.1) is 0 Å². The summed E-state index contributed by atoms with van der Waals surface area (Å²) in [5.41, 5.74) is 1.99. The standard InChI is InChI=1S/C8H6N4OS/c13-8(6-4-14-5-9-6)11-7-2-1-3-10-12-7/h1-5H,(H,11,12,13). The number of carbonyl (C=O) groups is 1. The monoisotopic (exact) mass is 206 g/mol. The first kappa shape index (κ1) is 8.76. The van der Waals surface area contributed by atoms with Gasteiger partial charge < -0.3 is 5.32 Å². The number of anilines is 1. The minimum absolute atomic E-state index is 0.272. The molecule has 0 fully saturated rings. The lowest BCUT2D eigenvalue weighted by molar-refractivity contribution is 0.102. The zero-order valence-electron chi connectivity index (χ0n) is 7.04. The molecule has 0 saturated heterocycles. The van der Waals surface area contributed by atoms with Crippen molar-refractivity contribution in [3.8, 4) is 0 Å². The fraction of sp³-hybridized carbons (Fsp3) is 0. The molecular formula is C8H6N4OS. The number of hydrogen-bond donors (Lipinski definition) is 1. The summed E-state index contributed by atoms with van der Waals surface area (Å²) in [4.78, 5) is 15.3. The number of carbonyl (C=O) groups excluding carboxylic acids is 1. The number of amides is 1. The van der Waals surface area contributed by atoms with Gasteiger partial charge in [0.05, 0.1) is 5.51 Å². The molecule has 14 heavy (non-hydrogen) atoms. The lowest BCUT2D eigenvalue weighted by atomic mass is 10.4. The van der Waals surface area contributed by atoms with Crippen molar-refractivity contribution in [1.82, 2.24) is 15.2 Å². The second-order valence-corrected chi connectivity index (χ2v) is 3.16. The molecular weight excluding hydrogens is 200 g/mol. The Kier molecular flexibility index (Phi) is 2.46. The Morgan fingerprint density at radius 2 is 2.43 bits per heavy atom. The molecule has 70 valence electrons. The highest BCUT2D eigenvalue weighted by Crippen LogP contribution is 2.04. The normalized spacial score (nSPS) is 9.71. The second-order valence-electron chi connectivity index (χ2n) is 2.44. The van der Waals surface area contributed by atoms with Crippen molar-refractivity contribution in [1.29, 1.82) is 0 Å². The van der Waals surface area contributed by atoms with Gasteiger partial charge in [0.25, 0.3) is 5.91 Å². The summed E-state index contributed by atoms with van der Waals surface area (Å²) in [6.07, 6.45) is 1.54. The third-order valence-corrected chi connectivity index (χ3v) is 2.07. The van der Waals surface area contributed by atoms with E-state index in [0.717, 1.165) is 0 Å². The summed E-state index contributed by atoms with van der Waals surface area (Å²) in [7, 11) is 0. The van der Waals surface area contributed by atoms with E-state index in [1.165, 1.54) is 11.3 Å². The molecule has 2 aromatic rings. The van der Waals surface area contributed by atoms with Crippen molar-refractivity contribution in [2.45, 2.75) is 0 Å². The molecule has 5 nitrogen and oxygen atoms in total. The summed E-state index contributed by atoms with van der Waals surface area (Å²) in [5.74, 6) is 0.150. The van der Waals surface area contributed by atoms with Gasteiger partial charge in [-0.25, -0.2) is 4.98 Å². The Morgan fingerprint density at radius 1 is 1.50 bits per heavy atom. The predicted molar refractivity (Wildman–Crippen MR) is 52.1 cm³/mol. The van der Waals surface area contributed by atoms with E-state index in [0.29, 0.717) is 11.5 Å². The van der Waals surface area contributed by atoms with Crippen LogP contribution in [0.1, 0.15) is 10.5 Å². The number of hydrogen-bond acceptors (Lipinski definition) is 5. The zero-order valence-corrected chi connectivity index (χ0v) is 7.86. The minimum Gasteiger partial charge on any atom is -0.304 e. The second kappa shape index (κ2) is 3.93. The van der Waals surface area contributed by atoms with Crippen molar-refractivity contribution in [3.05, 3.63) is 34.9 Å². The highest BCUT2D eigenvalue weighted by molar-refractivity contribution is 7.07. The van der Waals surface area contributed by atoms with E-state index >= 15 is 0 Å². The largest absolute Gasteiger partial charge is 0.304 e. The quantitative estimate of drug-likeness (QED) is 0.801. The van der Waals surface area contributed by atoms with Crippen LogP contribution in [0.4, 0.5) is 5.82 Å². The van der Waals surface area contributed by atoms with Gasteiger partial charge in [0, 0.05) is 11.6 Å². The molecule has 2 heterocycles. The number of thiazole rings is 1. The Bertz CT molecular complexity index is 414. The van der Waals surface area contributed by atoms with Crippen LogP contribution >= 0.6 is 11.3 Å². The molecule has 1 amide bonds. The molecule has 2 aromatic heterocycles. The number of aromatic nitrogens is 3. The lowest BCUT2D eigenvalue weighted by Gasteiger charge is -1.99. The Labute approximate surface area is 83.8 Å². The van der Waals surface area contributed by atoms with Gasteiger partial charge in [-0.1, -0.05) is 0 Å². The lowest BCUT2D eigenvalue weighted by Crippen LogP contribution is -2.13. The van der Waals surface area contributed by atoms with Crippen molar-refractivity contribution in [3.63, 3.8) is 0 Å². The number of rotatable bonds is 2. The minimum atomic E-state index is -0.272. The first-order valence-corrected chi connectivity index (χ1v) is 4.78. The van der Waals surface area contributed by atoms with Gasteiger partial charge in [0.2, 0.25) is 0 Å². The van der Waals surface area contributed by atoms with Crippen LogP contribution < -0.4 is 5.32 Å². The van der Waals surface area contributed by atoms with E-state index < -0.39 is 0 Å². The maximum Gasteiger partial charge on any atom is 0.276 e. The van der Waals surface area contributed by atoms with E-state index in [1.54, 1.807) is 29.2 Å². The van der Waals surface area contributed by atoms with Crippen LogP contribution in [0.25, 0.3) is 0 Å². The van der Waals surface area contributed by atoms with Gasteiger partial charge in [-0.05, 0) is 12.1 Å². The molecule has 0 atom stereocenters. The van der Waals surface area contributed by atoms with Crippen LogP contribution in [-0.2, 0) is 0 Å². The SMILES string of the molecule is O=C(Nc1cccnn1)c1cscn1. The van der Waals surface area contributed by atoms with Gasteiger partial charge in [0.15, 0.2) is 5.82 Å². The first-order chi connectivity index (χ1) is 6.86. The highest BCUT2D eigenvalue weighted by atomic mass is 32.1. The van der Waals surface area contributed by atoms with E-state index in [9.17, 15) is 4.79 Å². The molecule has 2 rings (SSSR count). The zero-order chi connectivity index (χ0) is 9.80. The Hall–Kier alpha value is -1.82. The van der Waals surface area contributed by atoms with Gasteiger partial charge in [-0.2, -0.15) is 5.10 Å². The van der Waals surface area contributed by atoms with Crippen molar-refractivity contribution in [2.75, 3.05) is 5.32 Å². The van der Waals surface area contributed by atoms with Crippen molar-refractivity contribution in [2.24, 2.45) is 0 Å². The van der Waals surface area contributed by atoms with Crippen LogP contribution in [0.3, 0.4) is 0 Å². The van der Waals surface area contributed by atoms with Crippen LogP contribution in [0.5, 0.6) is 0 Å². The van der Waals surface area contributed by atoms with E-state index in [-0.39, 0.29) is 5.91 Å². The molecule has 0 radical (unpaired) electrons. The van der Waals surface area contributed by atoms with Crippen molar-refractivity contribution >= 4 is 23.1 Å². The van der Waals surface area contributed by atoms with Crippen LogP contribution in [0.2, 0.25) is 0 Å². The molecule has 0 unspecified atom stereocenters. The van der Waals surface area contributed by atoms with Gasteiger partial charge in [-0.15, -0.1) is 16.4 Å². The van der Waals surface area contributed by atoms with Gasteiger partial charge in [-0.3, -0.25) is 4.79 Å². The summed E-state index contributed by atoms with van der Waals surface area (Å²) < 4.78 is 0. The predicted octanol–water partition coefficient (Wildman–Crippen LogP) is 1.19. The Balaban J connectivity index is 2.10. The smallest absolute Gasteiger partial charge is 0.276 e. The molecule has 0 aliphatic carbocycles. The topological polar surface area (TPSA) is 67.8 Å². The van der Waals surface area contributed by atoms with Crippen LogP contribution in [0.15, 0.2) is 29.2 Å². The average molecular weight is 206 g/mol. The Morgan fingerprint density at radius 3 is 3.07 bits per heavy atom. The number of nitrogens with zero attached hydrogens (tertiary/aromatic N) is 3. The maximum atomic E-state index is 11.4. The van der Waals surface area contributed by atoms with E-state index in [4.69, 9.17) is 0 Å². The molecule has 0 aromatic carbocycles. The average Bonchev–Trinajstić information content (AvgIpc) is 2.72. The first-order valence-electron chi connectivity index (χ1n) is 3.83. The highest BCUT2D eigenvalue weighted by Gasteiger charge is 2.07. The third-order valence-electron chi connectivity index (χ3n) is 1.48. The number of nitrogens with one attached hydrogen (secondary N) is 1. The molecule has 0 spiro atoms. The maximum absolute atomic E-state index is 11.4. The molecule has 0 saturated carbocycles. The van der Waals surface area contributed by atoms with Gasteiger partial charge >= 0.3 is 0 Å². The fourth-order valence-electron chi connectivity index (χ4n) is 0.873.